The smallest absolute Gasteiger partial charge is 0.124 e. The number of ether oxygens (including phenoxy) is 1. The minimum Gasteiger partial charge on any atom is -0.494 e. The van der Waals surface area contributed by atoms with Crippen LogP contribution in [0.2, 0.25) is 0 Å². The second-order valence-corrected chi connectivity index (χ2v) is 3.65. The Balaban J connectivity index is 2.72. The average Bonchev–Trinajstić information content (AvgIpc) is 2.27. The lowest BCUT2D eigenvalue weighted by atomic mass is 10.1. The van der Waals surface area contributed by atoms with Crippen molar-refractivity contribution in [3.05, 3.63) is 29.8 Å². The highest BCUT2D eigenvalue weighted by Gasteiger charge is 2.09. The van der Waals surface area contributed by atoms with E-state index in [9.17, 15) is 0 Å². The summed E-state index contributed by atoms with van der Waals surface area (Å²) in [5.41, 5.74) is 1.24. The van der Waals surface area contributed by atoms with Gasteiger partial charge >= 0.3 is 0 Å². The van der Waals surface area contributed by atoms with E-state index in [1.807, 2.05) is 19.1 Å². The minimum absolute atomic E-state index is 0.354. The lowest BCUT2D eigenvalue weighted by Crippen LogP contribution is -2.19. The molecular formula is C13H21NO. The Bertz CT molecular complexity index is 286. The maximum Gasteiger partial charge on any atom is 0.124 e. The highest BCUT2D eigenvalue weighted by atomic mass is 16.5. The standard InChI is InChI=1S/C13H21NO/c1-4-10-14-11(3)12-8-6-7-9-13(12)15-5-2/h6-9,11,14H,4-5,10H2,1-3H3. The molecule has 0 radical (unpaired) electrons. The molecule has 1 aromatic rings. The first-order chi connectivity index (χ1) is 7.29. The van der Waals surface area contributed by atoms with Gasteiger partial charge in [-0.2, -0.15) is 0 Å². The van der Waals surface area contributed by atoms with E-state index < -0.39 is 0 Å². The monoisotopic (exact) mass is 207 g/mol. The maximum absolute atomic E-state index is 5.60. The van der Waals surface area contributed by atoms with Gasteiger partial charge in [-0.05, 0) is 32.9 Å². The molecule has 0 aliphatic heterocycles. The first kappa shape index (κ1) is 12.1. The molecule has 0 spiro atoms. The number of benzene rings is 1. The van der Waals surface area contributed by atoms with Gasteiger partial charge in [0.05, 0.1) is 6.61 Å². The van der Waals surface area contributed by atoms with Gasteiger partial charge < -0.3 is 10.1 Å². The number of rotatable bonds is 6. The van der Waals surface area contributed by atoms with Crippen LogP contribution in [0.25, 0.3) is 0 Å². The molecule has 0 heterocycles. The first-order valence-corrected chi connectivity index (χ1v) is 5.74. The van der Waals surface area contributed by atoms with Gasteiger partial charge in [-0.15, -0.1) is 0 Å². The summed E-state index contributed by atoms with van der Waals surface area (Å²) < 4.78 is 5.60. The molecular weight excluding hydrogens is 186 g/mol. The molecule has 0 saturated carbocycles. The third kappa shape index (κ3) is 3.56. The Morgan fingerprint density at radius 3 is 2.67 bits per heavy atom. The van der Waals surface area contributed by atoms with Crippen molar-refractivity contribution in [3.63, 3.8) is 0 Å². The quantitative estimate of drug-likeness (QED) is 0.773. The molecule has 2 nitrogen and oxygen atoms in total. The molecule has 1 aromatic carbocycles. The average molecular weight is 207 g/mol. The molecule has 2 heteroatoms. The number of nitrogens with one attached hydrogen (secondary N) is 1. The Hall–Kier alpha value is -1.02. The van der Waals surface area contributed by atoms with E-state index in [0.717, 1.165) is 25.3 Å². The lowest BCUT2D eigenvalue weighted by molar-refractivity contribution is 0.332. The van der Waals surface area contributed by atoms with Crippen molar-refractivity contribution in [2.45, 2.75) is 33.2 Å². The van der Waals surface area contributed by atoms with E-state index in [0.29, 0.717) is 6.04 Å². The van der Waals surface area contributed by atoms with Crippen LogP contribution >= 0.6 is 0 Å². The van der Waals surface area contributed by atoms with Crippen LogP contribution in [-0.4, -0.2) is 13.2 Å². The highest BCUT2D eigenvalue weighted by Crippen LogP contribution is 2.24. The zero-order chi connectivity index (χ0) is 11.1. The fourth-order valence-corrected chi connectivity index (χ4v) is 1.60. The van der Waals surface area contributed by atoms with Crippen LogP contribution in [0.3, 0.4) is 0 Å². The molecule has 0 fully saturated rings. The largest absolute Gasteiger partial charge is 0.494 e. The number of hydrogen-bond donors (Lipinski definition) is 1. The summed E-state index contributed by atoms with van der Waals surface area (Å²) >= 11 is 0. The van der Waals surface area contributed by atoms with E-state index in [2.05, 4.69) is 31.3 Å². The van der Waals surface area contributed by atoms with E-state index >= 15 is 0 Å². The Morgan fingerprint density at radius 1 is 1.27 bits per heavy atom. The van der Waals surface area contributed by atoms with Crippen LogP contribution in [0.4, 0.5) is 0 Å². The van der Waals surface area contributed by atoms with Crippen molar-refractivity contribution in [1.82, 2.24) is 5.32 Å². The Morgan fingerprint density at radius 2 is 2.00 bits per heavy atom. The van der Waals surface area contributed by atoms with E-state index in [4.69, 9.17) is 4.74 Å². The van der Waals surface area contributed by atoms with Gasteiger partial charge in [-0.25, -0.2) is 0 Å². The van der Waals surface area contributed by atoms with E-state index in [1.165, 1.54) is 5.56 Å². The van der Waals surface area contributed by atoms with Crippen molar-refractivity contribution in [2.24, 2.45) is 0 Å². The predicted molar refractivity (Wildman–Crippen MR) is 64.3 cm³/mol. The van der Waals surface area contributed by atoms with Crippen LogP contribution in [0.1, 0.15) is 38.8 Å². The van der Waals surface area contributed by atoms with Gasteiger partial charge in [0.1, 0.15) is 5.75 Å². The van der Waals surface area contributed by atoms with Crippen LogP contribution < -0.4 is 10.1 Å². The van der Waals surface area contributed by atoms with Crippen LogP contribution in [0.15, 0.2) is 24.3 Å². The van der Waals surface area contributed by atoms with Crippen molar-refractivity contribution < 1.29 is 4.74 Å². The highest BCUT2D eigenvalue weighted by molar-refractivity contribution is 5.35. The zero-order valence-corrected chi connectivity index (χ0v) is 9.92. The molecule has 1 rings (SSSR count). The van der Waals surface area contributed by atoms with Crippen molar-refractivity contribution in [3.8, 4) is 5.75 Å². The van der Waals surface area contributed by atoms with Gasteiger partial charge in [-0.1, -0.05) is 25.1 Å². The second-order valence-electron chi connectivity index (χ2n) is 3.65. The molecule has 1 unspecified atom stereocenters. The van der Waals surface area contributed by atoms with Gasteiger partial charge in [0.25, 0.3) is 0 Å². The predicted octanol–water partition coefficient (Wildman–Crippen LogP) is 3.15. The lowest BCUT2D eigenvalue weighted by Gasteiger charge is -2.17. The summed E-state index contributed by atoms with van der Waals surface area (Å²) in [5.74, 6) is 0.996. The third-order valence-electron chi connectivity index (χ3n) is 2.39. The molecule has 0 aliphatic rings. The Labute approximate surface area is 92.6 Å². The van der Waals surface area contributed by atoms with Gasteiger partial charge in [0, 0.05) is 11.6 Å². The molecule has 0 aliphatic carbocycles. The maximum atomic E-state index is 5.60. The molecule has 0 bridgehead atoms. The number of para-hydroxylation sites is 1. The minimum atomic E-state index is 0.354. The fraction of sp³-hybridized carbons (Fsp3) is 0.538. The molecule has 1 N–H and O–H groups in total. The van der Waals surface area contributed by atoms with Crippen molar-refractivity contribution >= 4 is 0 Å². The van der Waals surface area contributed by atoms with E-state index in [-0.39, 0.29) is 0 Å². The summed E-state index contributed by atoms with van der Waals surface area (Å²) in [5, 5.41) is 3.47. The normalized spacial score (nSPS) is 12.5. The summed E-state index contributed by atoms with van der Waals surface area (Å²) in [6.07, 6.45) is 1.15. The van der Waals surface area contributed by atoms with Gasteiger partial charge in [0.15, 0.2) is 0 Å². The second kappa shape index (κ2) is 6.46. The van der Waals surface area contributed by atoms with Crippen molar-refractivity contribution in [2.75, 3.05) is 13.2 Å². The molecule has 84 valence electrons. The zero-order valence-electron chi connectivity index (χ0n) is 9.92. The third-order valence-corrected chi connectivity index (χ3v) is 2.39. The molecule has 1 atom stereocenters. The fourth-order valence-electron chi connectivity index (χ4n) is 1.60. The topological polar surface area (TPSA) is 21.3 Å². The first-order valence-electron chi connectivity index (χ1n) is 5.74. The molecule has 0 amide bonds. The number of hydrogen-bond acceptors (Lipinski definition) is 2. The summed E-state index contributed by atoms with van der Waals surface area (Å²) in [7, 11) is 0. The Kier molecular flexibility index (Phi) is 5.19. The van der Waals surface area contributed by atoms with Gasteiger partial charge in [-0.3, -0.25) is 0 Å². The molecule has 0 saturated heterocycles. The van der Waals surface area contributed by atoms with E-state index in [1.54, 1.807) is 0 Å². The summed E-state index contributed by atoms with van der Waals surface area (Å²) in [6, 6.07) is 8.58. The van der Waals surface area contributed by atoms with Crippen LogP contribution in [-0.2, 0) is 0 Å². The van der Waals surface area contributed by atoms with Crippen LogP contribution in [0.5, 0.6) is 5.75 Å². The van der Waals surface area contributed by atoms with Gasteiger partial charge in [0.2, 0.25) is 0 Å². The molecule has 15 heavy (non-hydrogen) atoms. The van der Waals surface area contributed by atoms with Crippen molar-refractivity contribution in [1.29, 1.82) is 0 Å². The SMILES string of the molecule is CCCNC(C)c1ccccc1OCC. The summed E-state index contributed by atoms with van der Waals surface area (Å²) in [6.45, 7) is 8.13. The molecule has 0 aromatic heterocycles. The van der Waals surface area contributed by atoms with Crippen LogP contribution in [0, 0.1) is 0 Å². The summed E-state index contributed by atoms with van der Waals surface area (Å²) in [4.78, 5) is 0.